The van der Waals surface area contributed by atoms with E-state index in [9.17, 15) is 0 Å². The van der Waals surface area contributed by atoms with Crippen LogP contribution in [-0.4, -0.2) is 0 Å². The second kappa shape index (κ2) is 6.58. The monoisotopic (exact) mass is 260 g/mol. The number of ether oxygens (including phenoxy) is 1. The molecule has 0 bridgehead atoms. The Morgan fingerprint density at radius 2 is 1.31 bits per heavy atom. The molecular formula is C12H10ClNaOS. The van der Waals surface area contributed by atoms with Crippen LogP contribution in [0.5, 0.6) is 11.5 Å². The Kier molecular flexibility index (Phi) is 5.73. The molecular weight excluding hydrogens is 251 g/mol. The zero-order chi connectivity index (χ0) is 10.7. The largest absolute Gasteiger partial charge is 1.00 e. The van der Waals surface area contributed by atoms with Crippen LogP contribution in [0.4, 0.5) is 0 Å². The molecule has 0 atom stereocenters. The smallest absolute Gasteiger partial charge is 1.00 e. The molecule has 2 aromatic rings. The van der Waals surface area contributed by atoms with Gasteiger partial charge in [-0.3, -0.25) is 0 Å². The van der Waals surface area contributed by atoms with Gasteiger partial charge in [-0.25, -0.2) is 0 Å². The van der Waals surface area contributed by atoms with Gasteiger partial charge in [0, 0.05) is 9.92 Å². The number of hydrogen-bond donors (Lipinski definition) is 1. The van der Waals surface area contributed by atoms with Crippen LogP contribution in [0.3, 0.4) is 0 Å². The summed E-state index contributed by atoms with van der Waals surface area (Å²) in [5.41, 5.74) is 0. The van der Waals surface area contributed by atoms with Crippen LogP contribution in [0, 0.1) is 0 Å². The summed E-state index contributed by atoms with van der Waals surface area (Å²) < 4.78 is 5.60. The summed E-state index contributed by atoms with van der Waals surface area (Å²) in [6.45, 7) is 0. The summed E-state index contributed by atoms with van der Waals surface area (Å²) in [4.78, 5) is 0.915. The first-order valence-electron chi connectivity index (χ1n) is 4.46. The SMILES string of the molecule is Sc1ccc(Oc2ccc(Cl)cc2)cc1.[H-].[Na+]. The van der Waals surface area contributed by atoms with Crippen molar-refractivity contribution in [1.29, 1.82) is 0 Å². The molecule has 0 radical (unpaired) electrons. The summed E-state index contributed by atoms with van der Waals surface area (Å²) >= 11 is 9.97. The molecule has 0 amide bonds. The third-order valence-corrected chi connectivity index (χ3v) is 2.44. The average Bonchev–Trinajstić information content (AvgIpc) is 2.25. The van der Waals surface area contributed by atoms with Gasteiger partial charge in [0.25, 0.3) is 0 Å². The molecule has 0 heterocycles. The third-order valence-electron chi connectivity index (χ3n) is 1.89. The fourth-order valence-corrected chi connectivity index (χ4v) is 1.43. The summed E-state index contributed by atoms with van der Waals surface area (Å²) in [5.74, 6) is 1.56. The van der Waals surface area contributed by atoms with E-state index in [0.29, 0.717) is 5.02 Å². The number of rotatable bonds is 2. The van der Waals surface area contributed by atoms with Crippen molar-refractivity contribution in [3.05, 3.63) is 53.6 Å². The predicted octanol–water partition coefficient (Wildman–Crippen LogP) is 1.54. The second-order valence-electron chi connectivity index (χ2n) is 3.05. The van der Waals surface area contributed by atoms with Crippen molar-refractivity contribution in [2.24, 2.45) is 0 Å². The first-order valence-corrected chi connectivity index (χ1v) is 5.29. The third kappa shape index (κ3) is 4.04. The fourth-order valence-electron chi connectivity index (χ4n) is 1.15. The van der Waals surface area contributed by atoms with E-state index in [0.717, 1.165) is 16.4 Å². The predicted molar refractivity (Wildman–Crippen MR) is 66.3 cm³/mol. The second-order valence-corrected chi connectivity index (χ2v) is 4.00. The van der Waals surface area contributed by atoms with Gasteiger partial charge in [0.1, 0.15) is 11.5 Å². The van der Waals surface area contributed by atoms with Crippen molar-refractivity contribution < 1.29 is 35.7 Å². The van der Waals surface area contributed by atoms with Gasteiger partial charge in [-0.2, -0.15) is 0 Å². The number of thiol groups is 1. The van der Waals surface area contributed by atoms with Crippen molar-refractivity contribution in [3.63, 3.8) is 0 Å². The minimum absolute atomic E-state index is 0. The topological polar surface area (TPSA) is 9.23 Å². The van der Waals surface area contributed by atoms with E-state index >= 15 is 0 Å². The molecule has 2 aromatic carbocycles. The summed E-state index contributed by atoms with van der Waals surface area (Å²) in [5, 5.41) is 0.702. The minimum atomic E-state index is 0. The van der Waals surface area contributed by atoms with Gasteiger partial charge in [-0.1, -0.05) is 11.6 Å². The van der Waals surface area contributed by atoms with E-state index in [1.165, 1.54) is 0 Å². The van der Waals surface area contributed by atoms with Gasteiger partial charge in [0.05, 0.1) is 0 Å². The quantitative estimate of drug-likeness (QED) is 0.637. The number of halogens is 1. The maximum Gasteiger partial charge on any atom is 1.00 e. The molecule has 0 saturated carbocycles. The van der Waals surface area contributed by atoms with Gasteiger partial charge in [-0.15, -0.1) is 12.6 Å². The van der Waals surface area contributed by atoms with Crippen LogP contribution in [0.1, 0.15) is 1.43 Å². The zero-order valence-electron chi connectivity index (χ0n) is 9.85. The van der Waals surface area contributed by atoms with E-state index < -0.39 is 0 Å². The van der Waals surface area contributed by atoms with Crippen LogP contribution in [0.2, 0.25) is 5.02 Å². The maximum atomic E-state index is 5.77. The van der Waals surface area contributed by atoms with Crippen LogP contribution >= 0.6 is 24.2 Å². The molecule has 2 rings (SSSR count). The Bertz CT molecular complexity index is 404. The van der Waals surface area contributed by atoms with Crippen molar-refractivity contribution >= 4 is 24.2 Å². The summed E-state index contributed by atoms with van der Waals surface area (Å²) in [6.07, 6.45) is 0. The van der Waals surface area contributed by atoms with E-state index in [1.54, 1.807) is 12.1 Å². The zero-order valence-corrected chi connectivity index (χ0v) is 12.5. The van der Waals surface area contributed by atoms with Crippen molar-refractivity contribution in [1.82, 2.24) is 0 Å². The number of hydrogen-bond acceptors (Lipinski definition) is 2. The molecule has 0 N–H and O–H groups in total. The molecule has 4 heteroatoms. The molecule has 0 spiro atoms. The minimum Gasteiger partial charge on any atom is -1.00 e. The molecule has 0 aliphatic rings. The molecule has 0 saturated heterocycles. The van der Waals surface area contributed by atoms with Gasteiger partial charge in [0.15, 0.2) is 0 Å². The number of benzene rings is 2. The van der Waals surface area contributed by atoms with Crippen molar-refractivity contribution in [3.8, 4) is 11.5 Å². The first-order chi connectivity index (χ1) is 7.24. The molecule has 16 heavy (non-hydrogen) atoms. The Hall–Kier alpha value is -0.120. The molecule has 78 valence electrons. The Morgan fingerprint density at radius 1 is 0.875 bits per heavy atom. The standard InChI is InChI=1S/C12H9ClOS.Na.H/c13-9-1-3-10(4-2-9)14-11-5-7-12(15)8-6-11;;/h1-8,15H;;/q;+1;-1. The molecule has 0 unspecified atom stereocenters. The maximum absolute atomic E-state index is 5.77. The van der Waals surface area contributed by atoms with Gasteiger partial charge in [-0.05, 0) is 48.5 Å². The Morgan fingerprint density at radius 3 is 1.81 bits per heavy atom. The average molecular weight is 261 g/mol. The molecule has 0 aromatic heterocycles. The summed E-state index contributed by atoms with van der Waals surface area (Å²) in [7, 11) is 0. The fraction of sp³-hybridized carbons (Fsp3) is 0. The van der Waals surface area contributed by atoms with Crippen LogP contribution in [0.25, 0.3) is 0 Å². The Labute approximate surface area is 129 Å². The Balaban J connectivity index is 0.00000128. The van der Waals surface area contributed by atoms with Crippen molar-refractivity contribution in [2.45, 2.75) is 4.90 Å². The van der Waals surface area contributed by atoms with Gasteiger partial charge in [0.2, 0.25) is 0 Å². The van der Waals surface area contributed by atoms with Crippen LogP contribution in [0.15, 0.2) is 53.4 Å². The van der Waals surface area contributed by atoms with E-state index in [4.69, 9.17) is 16.3 Å². The van der Waals surface area contributed by atoms with Crippen LogP contribution in [-0.2, 0) is 0 Å². The molecule has 1 nitrogen and oxygen atoms in total. The van der Waals surface area contributed by atoms with Gasteiger partial charge < -0.3 is 6.16 Å². The summed E-state index contributed by atoms with van der Waals surface area (Å²) in [6, 6.07) is 14.8. The van der Waals surface area contributed by atoms with E-state index in [-0.39, 0.29) is 31.0 Å². The molecule has 0 fully saturated rings. The van der Waals surface area contributed by atoms with E-state index in [1.807, 2.05) is 36.4 Å². The van der Waals surface area contributed by atoms with Gasteiger partial charge >= 0.3 is 29.6 Å². The van der Waals surface area contributed by atoms with Crippen LogP contribution < -0.4 is 34.3 Å². The first kappa shape index (κ1) is 13.9. The normalized spacial score (nSPS) is 9.38. The van der Waals surface area contributed by atoms with E-state index in [2.05, 4.69) is 12.6 Å². The molecule has 0 aliphatic carbocycles. The van der Waals surface area contributed by atoms with Crippen molar-refractivity contribution in [2.75, 3.05) is 0 Å². The molecule has 0 aliphatic heterocycles.